The zero-order valence-corrected chi connectivity index (χ0v) is 21.1. The Labute approximate surface area is 192 Å². The molecule has 4 nitrogen and oxygen atoms in total. The Kier molecular flexibility index (Phi) is 17.9. The lowest BCUT2D eigenvalue weighted by Gasteiger charge is -2.36. The van der Waals surface area contributed by atoms with Gasteiger partial charge in [-0.25, -0.2) is 0 Å². The summed E-state index contributed by atoms with van der Waals surface area (Å²) >= 11 is 0. The highest BCUT2D eigenvalue weighted by atomic mass is 16.4. The number of hydrogen-bond donors (Lipinski definition) is 2. The third-order valence-corrected chi connectivity index (χ3v) is 7.24. The van der Waals surface area contributed by atoms with Crippen molar-refractivity contribution < 1.29 is 19.8 Å². The van der Waals surface area contributed by atoms with Gasteiger partial charge in [-0.15, -0.1) is 0 Å². The molecule has 0 bridgehead atoms. The van der Waals surface area contributed by atoms with E-state index in [4.69, 9.17) is 5.11 Å². The van der Waals surface area contributed by atoms with Crippen LogP contribution in [0.15, 0.2) is 0 Å². The van der Waals surface area contributed by atoms with Crippen LogP contribution in [0.2, 0.25) is 0 Å². The molecule has 0 fully saturated rings. The van der Waals surface area contributed by atoms with Crippen LogP contribution in [-0.4, -0.2) is 22.2 Å². The number of aliphatic carboxylic acids is 2. The fourth-order valence-electron chi connectivity index (χ4n) is 4.83. The average molecular weight is 441 g/mol. The molecule has 31 heavy (non-hydrogen) atoms. The number of rotatable bonds is 22. The van der Waals surface area contributed by atoms with Gasteiger partial charge in [0.2, 0.25) is 0 Å². The summed E-state index contributed by atoms with van der Waals surface area (Å²) in [5.41, 5.74) is -0.560. The molecule has 0 aliphatic heterocycles. The number of carboxylic acid groups (broad SMARTS) is 2. The van der Waals surface area contributed by atoms with E-state index in [0.717, 1.165) is 57.8 Å². The van der Waals surface area contributed by atoms with Crippen molar-refractivity contribution in [1.29, 1.82) is 0 Å². The molecule has 2 unspecified atom stereocenters. The summed E-state index contributed by atoms with van der Waals surface area (Å²) in [5.74, 6) is -0.560. The molecular formula is C27H52O4. The molecule has 0 amide bonds. The maximum atomic E-state index is 12.3. The van der Waals surface area contributed by atoms with Crippen LogP contribution in [0.25, 0.3) is 0 Å². The normalized spacial score (nSPS) is 14.5. The zero-order valence-electron chi connectivity index (χ0n) is 21.1. The second kappa shape index (κ2) is 18.5. The van der Waals surface area contributed by atoms with Gasteiger partial charge < -0.3 is 10.2 Å². The molecule has 0 aliphatic carbocycles. The first kappa shape index (κ1) is 29.9. The SMILES string of the molecule is CCCCC(CC)CC(CCCCCCCCCCCCCC(=O)O)(C(=O)O)C(C)C. The summed E-state index contributed by atoms with van der Waals surface area (Å²) in [6, 6.07) is 0. The van der Waals surface area contributed by atoms with Crippen LogP contribution in [0.4, 0.5) is 0 Å². The Morgan fingerprint density at radius 2 is 1.23 bits per heavy atom. The van der Waals surface area contributed by atoms with E-state index in [0.29, 0.717) is 12.3 Å². The van der Waals surface area contributed by atoms with Gasteiger partial charge in [0.15, 0.2) is 0 Å². The van der Waals surface area contributed by atoms with Gasteiger partial charge in [0.1, 0.15) is 0 Å². The Balaban J connectivity index is 4.10. The fraction of sp³-hybridized carbons (Fsp3) is 0.926. The van der Waals surface area contributed by atoms with Crippen LogP contribution in [0.1, 0.15) is 143 Å². The van der Waals surface area contributed by atoms with Crippen molar-refractivity contribution >= 4 is 11.9 Å². The van der Waals surface area contributed by atoms with Crippen LogP contribution in [0, 0.1) is 17.3 Å². The Hall–Kier alpha value is -1.06. The molecule has 0 aromatic heterocycles. The monoisotopic (exact) mass is 440 g/mol. The van der Waals surface area contributed by atoms with E-state index in [1.165, 1.54) is 51.4 Å². The van der Waals surface area contributed by atoms with Gasteiger partial charge in [-0.05, 0) is 31.1 Å². The predicted octanol–water partition coefficient (Wildman–Crippen LogP) is 8.48. The number of hydrogen-bond acceptors (Lipinski definition) is 2. The zero-order chi connectivity index (χ0) is 23.5. The maximum absolute atomic E-state index is 12.3. The van der Waals surface area contributed by atoms with Crippen molar-refractivity contribution in [2.24, 2.45) is 17.3 Å². The van der Waals surface area contributed by atoms with Crippen LogP contribution < -0.4 is 0 Å². The standard InChI is InChI=1S/C27H52O4/c1-5-7-19-24(6-2)22-27(23(3)4,26(30)31)21-18-16-14-12-10-8-9-11-13-15-17-20-25(28)29/h23-24H,5-22H2,1-4H3,(H,28,29)(H,30,31). The van der Waals surface area contributed by atoms with Crippen molar-refractivity contribution in [3.05, 3.63) is 0 Å². The van der Waals surface area contributed by atoms with Crippen molar-refractivity contribution in [3.8, 4) is 0 Å². The summed E-state index contributed by atoms with van der Waals surface area (Å²) in [6.07, 6.45) is 19.2. The highest BCUT2D eigenvalue weighted by Crippen LogP contribution is 2.42. The lowest BCUT2D eigenvalue weighted by atomic mass is 9.67. The topological polar surface area (TPSA) is 74.6 Å². The third-order valence-electron chi connectivity index (χ3n) is 7.24. The first-order chi connectivity index (χ1) is 14.8. The van der Waals surface area contributed by atoms with Gasteiger partial charge in [-0.2, -0.15) is 0 Å². The molecule has 184 valence electrons. The summed E-state index contributed by atoms with van der Waals surface area (Å²) in [6.45, 7) is 8.62. The molecule has 0 saturated carbocycles. The second-order valence-corrected chi connectivity index (χ2v) is 10.0. The predicted molar refractivity (Wildman–Crippen MR) is 130 cm³/mol. The van der Waals surface area contributed by atoms with E-state index in [9.17, 15) is 14.7 Å². The highest BCUT2D eigenvalue weighted by Gasteiger charge is 2.42. The minimum atomic E-state index is -0.685. The average Bonchev–Trinajstić information content (AvgIpc) is 2.72. The molecule has 0 aliphatic rings. The minimum Gasteiger partial charge on any atom is -0.481 e. The molecule has 0 aromatic carbocycles. The quantitative estimate of drug-likeness (QED) is 0.165. The molecule has 0 aromatic rings. The van der Waals surface area contributed by atoms with Crippen LogP contribution in [0.5, 0.6) is 0 Å². The summed E-state index contributed by atoms with van der Waals surface area (Å²) < 4.78 is 0. The van der Waals surface area contributed by atoms with E-state index in [1.807, 2.05) is 0 Å². The highest BCUT2D eigenvalue weighted by molar-refractivity contribution is 5.75. The van der Waals surface area contributed by atoms with E-state index in [-0.39, 0.29) is 5.92 Å². The van der Waals surface area contributed by atoms with E-state index >= 15 is 0 Å². The molecular weight excluding hydrogens is 388 g/mol. The van der Waals surface area contributed by atoms with Crippen molar-refractivity contribution in [3.63, 3.8) is 0 Å². The largest absolute Gasteiger partial charge is 0.481 e. The van der Waals surface area contributed by atoms with Crippen molar-refractivity contribution in [2.45, 2.75) is 143 Å². The molecule has 0 spiro atoms. The molecule has 4 heteroatoms. The molecule has 2 atom stereocenters. The fourth-order valence-corrected chi connectivity index (χ4v) is 4.83. The van der Waals surface area contributed by atoms with E-state index in [2.05, 4.69) is 27.7 Å². The van der Waals surface area contributed by atoms with E-state index in [1.54, 1.807) is 0 Å². The second-order valence-electron chi connectivity index (χ2n) is 10.0. The Morgan fingerprint density at radius 1 is 0.742 bits per heavy atom. The van der Waals surface area contributed by atoms with Gasteiger partial charge in [0.25, 0.3) is 0 Å². The van der Waals surface area contributed by atoms with Gasteiger partial charge >= 0.3 is 11.9 Å². The maximum Gasteiger partial charge on any atom is 0.309 e. The number of carboxylic acids is 2. The van der Waals surface area contributed by atoms with Gasteiger partial charge in [-0.3, -0.25) is 9.59 Å². The Bertz CT molecular complexity index is 460. The smallest absolute Gasteiger partial charge is 0.309 e. The molecule has 0 heterocycles. The minimum absolute atomic E-state index is 0.177. The molecule has 0 radical (unpaired) electrons. The number of unbranched alkanes of at least 4 members (excludes halogenated alkanes) is 11. The van der Waals surface area contributed by atoms with Gasteiger partial charge in [-0.1, -0.05) is 118 Å². The summed E-state index contributed by atoms with van der Waals surface area (Å²) in [7, 11) is 0. The lowest BCUT2D eigenvalue weighted by Crippen LogP contribution is -2.38. The van der Waals surface area contributed by atoms with Crippen molar-refractivity contribution in [2.75, 3.05) is 0 Å². The Morgan fingerprint density at radius 3 is 1.61 bits per heavy atom. The third kappa shape index (κ3) is 13.9. The van der Waals surface area contributed by atoms with Crippen LogP contribution in [0.3, 0.4) is 0 Å². The molecule has 0 saturated heterocycles. The first-order valence-corrected chi connectivity index (χ1v) is 13.2. The first-order valence-electron chi connectivity index (χ1n) is 13.2. The molecule has 2 N–H and O–H groups in total. The summed E-state index contributed by atoms with van der Waals surface area (Å²) in [4.78, 5) is 22.8. The van der Waals surface area contributed by atoms with E-state index < -0.39 is 17.4 Å². The van der Waals surface area contributed by atoms with Gasteiger partial charge in [0, 0.05) is 6.42 Å². The van der Waals surface area contributed by atoms with Crippen LogP contribution >= 0.6 is 0 Å². The van der Waals surface area contributed by atoms with Gasteiger partial charge in [0.05, 0.1) is 5.41 Å². The summed E-state index contributed by atoms with van der Waals surface area (Å²) in [5, 5.41) is 18.8. The number of carbonyl (C=O) groups is 2. The van der Waals surface area contributed by atoms with Crippen LogP contribution in [-0.2, 0) is 9.59 Å². The molecule has 0 rings (SSSR count). The van der Waals surface area contributed by atoms with Crippen molar-refractivity contribution in [1.82, 2.24) is 0 Å². The lowest BCUT2D eigenvalue weighted by molar-refractivity contribution is -0.154.